The molecule has 0 unspecified atom stereocenters. The number of imidazole rings is 1. The summed E-state index contributed by atoms with van der Waals surface area (Å²) in [4.78, 5) is 34.9. The Labute approximate surface area is 158 Å². The Morgan fingerprint density at radius 3 is 2.96 bits per heavy atom. The Balaban J connectivity index is 1.54. The Kier molecular flexibility index (Phi) is 4.03. The fourth-order valence-corrected chi connectivity index (χ4v) is 3.24. The topological polar surface area (TPSA) is 102 Å². The lowest BCUT2D eigenvalue weighted by atomic mass is 10.2. The van der Waals surface area contributed by atoms with Crippen molar-refractivity contribution in [2.45, 2.75) is 19.5 Å². The number of benzene rings is 1. The van der Waals surface area contributed by atoms with E-state index in [-0.39, 0.29) is 24.4 Å². The number of anilines is 2. The molecule has 0 fully saturated rings. The number of aromatic nitrogens is 3. The third-order valence-corrected chi connectivity index (χ3v) is 4.86. The largest absolute Gasteiger partial charge is 0.495 e. The van der Waals surface area contributed by atoms with Crippen LogP contribution in [0.25, 0.3) is 11.1 Å². The highest BCUT2D eigenvalue weighted by molar-refractivity contribution is 6.32. The van der Waals surface area contributed by atoms with Crippen molar-refractivity contribution in [3.05, 3.63) is 29.2 Å². The van der Waals surface area contributed by atoms with E-state index in [0.29, 0.717) is 33.4 Å². The van der Waals surface area contributed by atoms with Crippen LogP contribution in [-0.4, -0.2) is 46.4 Å². The van der Waals surface area contributed by atoms with E-state index < -0.39 is 5.91 Å². The van der Waals surface area contributed by atoms with E-state index in [0.717, 1.165) is 0 Å². The highest BCUT2D eigenvalue weighted by atomic mass is 35.5. The molecule has 9 nitrogen and oxygen atoms in total. The van der Waals surface area contributed by atoms with Crippen LogP contribution in [-0.2, 0) is 11.3 Å². The first-order chi connectivity index (χ1) is 12.9. The summed E-state index contributed by atoms with van der Waals surface area (Å²) in [6.45, 7) is 1.71. The van der Waals surface area contributed by atoms with E-state index in [4.69, 9.17) is 20.8 Å². The molecular formula is C17H16ClN5O4. The van der Waals surface area contributed by atoms with Gasteiger partial charge in [0.05, 0.1) is 24.5 Å². The molecule has 0 saturated carbocycles. The molecule has 3 aromatic rings. The van der Waals surface area contributed by atoms with E-state index in [1.165, 1.54) is 18.0 Å². The molecule has 0 saturated heterocycles. The lowest BCUT2D eigenvalue weighted by Gasteiger charge is -2.14. The summed E-state index contributed by atoms with van der Waals surface area (Å²) < 4.78 is 12.2. The van der Waals surface area contributed by atoms with Gasteiger partial charge in [-0.15, -0.1) is 0 Å². The molecule has 1 aromatic carbocycles. The number of fused-ring (bicyclic) bond motifs is 2. The van der Waals surface area contributed by atoms with Crippen LogP contribution >= 0.6 is 11.6 Å². The number of ketones is 1. The van der Waals surface area contributed by atoms with Crippen molar-refractivity contribution in [2.75, 3.05) is 24.4 Å². The SMILES string of the molecule is COc1cc2nc(NC(=O)Cn3cnc4c3C(=O)[C@H](C)N4C)oc2cc1Cl. The first-order valence-corrected chi connectivity index (χ1v) is 8.53. The summed E-state index contributed by atoms with van der Waals surface area (Å²) in [5, 5.41) is 2.96. The normalized spacial score (nSPS) is 16.1. The van der Waals surface area contributed by atoms with Crippen molar-refractivity contribution < 1.29 is 18.7 Å². The fraction of sp³-hybridized carbons (Fsp3) is 0.294. The molecule has 1 atom stereocenters. The lowest BCUT2D eigenvalue weighted by molar-refractivity contribution is -0.116. The number of rotatable bonds is 4. The summed E-state index contributed by atoms with van der Waals surface area (Å²) in [7, 11) is 3.29. The summed E-state index contributed by atoms with van der Waals surface area (Å²) in [6, 6.07) is 2.93. The zero-order chi connectivity index (χ0) is 19.3. The van der Waals surface area contributed by atoms with Crippen molar-refractivity contribution in [3.63, 3.8) is 0 Å². The second-order valence-electron chi connectivity index (χ2n) is 6.22. The first kappa shape index (κ1) is 17.3. The Morgan fingerprint density at radius 2 is 2.22 bits per heavy atom. The minimum absolute atomic E-state index is 0.0351. The number of oxazole rings is 1. The van der Waals surface area contributed by atoms with Gasteiger partial charge in [0.1, 0.15) is 23.5 Å². The van der Waals surface area contributed by atoms with Crippen LogP contribution in [0.4, 0.5) is 11.8 Å². The van der Waals surface area contributed by atoms with E-state index in [9.17, 15) is 9.59 Å². The lowest BCUT2D eigenvalue weighted by Crippen LogP contribution is -2.29. The highest BCUT2D eigenvalue weighted by Crippen LogP contribution is 2.31. The van der Waals surface area contributed by atoms with Crippen LogP contribution in [0.2, 0.25) is 5.02 Å². The molecular weight excluding hydrogens is 374 g/mol. The molecule has 4 rings (SSSR count). The number of carbonyl (C=O) groups is 2. The second-order valence-corrected chi connectivity index (χ2v) is 6.62. The van der Waals surface area contributed by atoms with E-state index >= 15 is 0 Å². The number of Topliss-reactive ketones (excluding diaryl/α,β-unsaturated/α-hetero) is 1. The smallest absolute Gasteiger partial charge is 0.302 e. The number of carbonyl (C=O) groups excluding carboxylic acids is 2. The molecule has 1 aliphatic rings. The van der Waals surface area contributed by atoms with Crippen molar-refractivity contribution >= 4 is 46.2 Å². The zero-order valence-corrected chi connectivity index (χ0v) is 15.6. The molecule has 2 aromatic heterocycles. The molecule has 0 aliphatic carbocycles. The van der Waals surface area contributed by atoms with Gasteiger partial charge in [0.15, 0.2) is 11.4 Å². The third-order valence-electron chi connectivity index (χ3n) is 4.57. The molecule has 1 amide bonds. The van der Waals surface area contributed by atoms with Gasteiger partial charge in [0, 0.05) is 19.2 Å². The van der Waals surface area contributed by atoms with Gasteiger partial charge < -0.3 is 18.6 Å². The summed E-state index contributed by atoms with van der Waals surface area (Å²) in [5.74, 6) is 0.571. The molecule has 1 aliphatic heterocycles. The first-order valence-electron chi connectivity index (χ1n) is 8.15. The number of ether oxygens (including phenoxy) is 1. The van der Waals surface area contributed by atoms with Gasteiger partial charge >= 0.3 is 6.01 Å². The average Bonchev–Trinajstić information content (AvgIpc) is 3.26. The van der Waals surface area contributed by atoms with Gasteiger partial charge in [-0.3, -0.25) is 14.9 Å². The van der Waals surface area contributed by atoms with Crippen LogP contribution in [0.3, 0.4) is 0 Å². The van der Waals surface area contributed by atoms with Crippen molar-refractivity contribution in [3.8, 4) is 5.75 Å². The number of likely N-dealkylation sites (N-methyl/N-ethyl adjacent to an activating group) is 1. The maximum Gasteiger partial charge on any atom is 0.302 e. The van der Waals surface area contributed by atoms with Crippen LogP contribution < -0.4 is 15.0 Å². The molecule has 0 radical (unpaired) electrons. The number of hydrogen-bond donors (Lipinski definition) is 1. The molecule has 0 spiro atoms. The third kappa shape index (κ3) is 2.80. The number of methoxy groups -OCH3 is 1. The standard InChI is InChI=1S/C17H16ClN5O4/c1-8-15(25)14-16(22(8)2)19-7-23(14)6-13(24)21-17-20-10-5-11(26-3)9(18)4-12(10)27-17/h4-5,7-8H,6H2,1-3H3,(H,20,21,24)/t8-/m0/s1. The molecule has 0 bridgehead atoms. The molecule has 3 heterocycles. The monoisotopic (exact) mass is 389 g/mol. The molecule has 140 valence electrons. The van der Waals surface area contributed by atoms with Gasteiger partial charge in [-0.1, -0.05) is 11.6 Å². The van der Waals surface area contributed by atoms with Gasteiger partial charge in [-0.05, 0) is 6.92 Å². The summed E-state index contributed by atoms with van der Waals surface area (Å²) >= 11 is 6.06. The minimum atomic E-state index is -0.394. The number of halogens is 1. The van der Waals surface area contributed by atoms with Crippen LogP contribution in [0.15, 0.2) is 22.9 Å². The van der Waals surface area contributed by atoms with E-state index in [1.807, 2.05) is 0 Å². The molecule has 10 heteroatoms. The Bertz CT molecular complexity index is 1070. The van der Waals surface area contributed by atoms with Gasteiger partial charge in [-0.2, -0.15) is 4.98 Å². The van der Waals surface area contributed by atoms with Crippen molar-refractivity contribution in [1.82, 2.24) is 14.5 Å². The molecule has 27 heavy (non-hydrogen) atoms. The van der Waals surface area contributed by atoms with E-state index in [1.54, 1.807) is 31.0 Å². The molecule has 1 N–H and O–H groups in total. The quantitative estimate of drug-likeness (QED) is 0.730. The fourth-order valence-electron chi connectivity index (χ4n) is 3.01. The minimum Gasteiger partial charge on any atom is -0.495 e. The number of amides is 1. The zero-order valence-electron chi connectivity index (χ0n) is 14.8. The van der Waals surface area contributed by atoms with Crippen molar-refractivity contribution in [2.24, 2.45) is 0 Å². The van der Waals surface area contributed by atoms with Crippen molar-refractivity contribution in [1.29, 1.82) is 0 Å². The second kappa shape index (κ2) is 6.27. The average molecular weight is 390 g/mol. The number of hydrogen-bond acceptors (Lipinski definition) is 7. The van der Waals surface area contributed by atoms with Crippen LogP contribution in [0, 0.1) is 0 Å². The number of nitrogens with one attached hydrogen (secondary N) is 1. The predicted octanol–water partition coefficient (Wildman–Crippen LogP) is 2.35. The van der Waals surface area contributed by atoms with Gasteiger partial charge in [0.2, 0.25) is 11.7 Å². The van der Waals surface area contributed by atoms with Gasteiger partial charge in [0.25, 0.3) is 0 Å². The van der Waals surface area contributed by atoms with Crippen LogP contribution in [0.1, 0.15) is 17.4 Å². The highest BCUT2D eigenvalue weighted by Gasteiger charge is 2.36. The van der Waals surface area contributed by atoms with E-state index in [2.05, 4.69) is 15.3 Å². The Hall–Kier alpha value is -3.07. The summed E-state index contributed by atoms with van der Waals surface area (Å²) in [6.07, 6.45) is 1.47. The number of nitrogens with zero attached hydrogens (tertiary/aromatic N) is 4. The van der Waals surface area contributed by atoms with Gasteiger partial charge in [-0.25, -0.2) is 4.98 Å². The maximum atomic E-state index is 12.4. The maximum absolute atomic E-state index is 12.4. The van der Waals surface area contributed by atoms with Crippen LogP contribution in [0.5, 0.6) is 5.75 Å². The summed E-state index contributed by atoms with van der Waals surface area (Å²) in [5.41, 5.74) is 1.35. The Morgan fingerprint density at radius 1 is 1.44 bits per heavy atom. The predicted molar refractivity (Wildman–Crippen MR) is 98.6 cm³/mol.